The molecular weight excluding hydrogens is 380 g/mol. The maximum Gasteiger partial charge on any atom is 0.260 e. The number of piperidine rings is 1. The van der Waals surface area contributed by atoms with Gasteiger partial charge in [-0.25, -0.2) is 0 Å². The Morgan fingerprint density at radius 3 is 2.07 bits per heavy atom. The fourth-order valence-corrected chi connectivity index (χ4v) is 3.83. The molecule has 3 rings (SSSR count). The van der Waals surface area contributed by atoms with Gasteiger partial charge in [-0.05, 0) is 88.6 Å². The molecule has 0 spiro atoms. The van der Waals surface area contributed by atoms with Crippen LogP contribution in [0.4, 0.5) is 5.69 Å². The first-order valence-corrected chi connectivity index (χ1v) is 10.3. The molecule has 0 aromatic heterocycles. The molecule has 0 bridgehead atoms. The van der Waals surface area contributed by atoms with Crippen LogP contribution in [0.25, 0.3) is 0 Å². The number of hydrogen-bond donors (Lipinski definition) is 1. The third-order valence-corrected chi connectivity index (χ3v) is 5.51. The van der Waals surface area contributed by atoms with Crippen molar-refractivity contribution >= 4 is 23.3 Å². The number of hydrogen-bond acceptors (Lipinski definition) is 4. The molecule has 1 saturated heterocycles. The number of ketones is 1. The van der Waals surface area contributed by atoms with Gasteiger partial charge in [-0.2, -0.15) is 0 Å². The molecule has 2 aromatic rings. The number of amides is 2. The number of rotatable bonds is 6. The molecule has 1 aliphatic rings. The highest BCUT2D eigenvalue weighted by atomic mass is 16.5. The average molecular weight is 408 g/mol. The highest BCUT2D eigenvalue weighted by Crippen LogP contribution is 2.23. The number of carbonyl (C=O) groups is 3. The monoisotopic (exact) mass is 408 g/mol. The summed E-state index contributed by atoms with van der Waals surface area (Å²) in [5, 5.41) is 2.79. The first-order chi connectivity index (χ1) is 14.3. The van der Waals surface area contributed by atoms with Crippen LogP contribution in [0.3, 0.4) is 0 Å². The number of nitrogens with one attached hydrogen (secondary N) is 1. The van der Waals surface area contributed by atoms with Crippen LogP contribution < -0.4 is 10.1 Å². The fourth-order valence-electron chi connectivity index (χ4n) is 3.83. The third kappa shape index (κ3) is 5.26. The second-order valence-electron chi connectivity index (χ2n) is 7.83. The van der Waals surface area contributed by atoms with E-state index in [0.29, 0.717) is 22.6 Å². The van der Waals surface area contributed by atoms with Crippen molar-refractivity contribution in [3.63, 3.8) is 0 Å². The molecule has 6 nitrogen and oxygen atoms in total. The maximum atomic E-state index is 12.6. The predicted molar refractivity (Wildman–Crippen MR) is 116 cm³/mol. The van der Waals surface area contributed by atoms with Crippen molar-refractivity contribution in [3.05, 3.63) is 59.7 Å². The van der Waals surface area contributed by atoms with E-state index < -0.39 is 0 Å². The molecule has 0 radical (unpaired) electrons. The molecule has 2 aromatic carbocycles. The van der Waals surface area contributed by atoms with E-state index in [0.717, 1.165) is 19.3 Å². The predicted octanol–water partition coefficient (Wildman–Crippen LogP) is 4.31. The summed E-state index contributed by atoms with van der Waals surface area (Å²) in [6.07, 6.45) is 3.20. The molecule has 30 heavy (non-hydrogen) atoms. The summed E-state index contributed by atoms with van der Waals surface area (Å²) >= 11 is 0. The minimum atomic E-state index is -0.260. The number of ether oxygens (including phenoxy) is 1. The minimum absolute atomic E-state index is 0.00877. The van der Waals surface area contributed by atoms with Crippen LogP contribution in [-0.4, -0.2) is 41.2 Å². The second kappa shape index (κ2) is 9.57. The Morgan fingerprint density at radius 2 is 1.50 bits per heavy atom. The van der Waals surface area contributed by atoms with Gasteiger partial charge >= 0.3 is 0 Å². The van der Waals surface area contributed by atoms with Gasteiger partial charge in [-0.15, -0.1) is 0 Å². The van der Waals surface area contributed by atoms with E-state index in [9.17, 15) is 14.4 Å². The van der Waals surface area contributed by atoms with Crippen molar-refractivity contribution in [2.24, 2.45) is 0 Å². The zero-order chi connectivity index (χ0) is 21.7. The van der Waals surface area contributed by atoms with Crippen LogP contribution in [0.1, 0.15) is 60.7 Å². The Morgan fingerprint density at radius 1 is 0.933 bits per heavy atom. The summed E-state index contributed by atoms with van der Waals surface area (Å²) in [5.74, 6) is 0.254. The lowest BCUT2D eigenvalue weighted by molar-refractivity contribution is -0.139. The molecule has 0 unspecified atom stereocenters. The number of benzene rings is 2. The Labute approximate surface area is 177 Å². The Bertz CT molecular complexity index is 896. The van der Waals surface area contributed by atoms with Crippen LogP contribution in [0, 0.1) is 0 Å². The summed E-state index contributed by atoms with van der Waals surface area (Å²) < 4.78 is 5.65. The van der Waals surface area contributed by atoms with Gasteiger partial charge in [0.1, 0.15) is 5.75 Å². The summed E-state index contributed by atoms with van der Waals surface area (Å²) in [5.41, 5.74) is 1.68. The number of likely N-dealkylation sites (tertiary alicyclic amines) is 1. The van der Waals surface area contributed by atoms with Gasteiger partial charge in [0.2, 0.25) is 0 Å². The number of anilines is 1. The third-order valence-electron chi connectivity index (χ3n) is 5.51. The van der Waals surface area contributed by atoms with E-state index in [2.05, 4.69) is 19.2 Å². The Kier molecular flexibility index (Phi) is 6.87. The van der Waals surface area contributed by atoms with E-state index in [1.807, 2.05) is 4.90 Å². The Balaban J connectivity index is 1.54. The fraction of sp³-hybridized carbons (Fsp3) is 0.375. The molecule has 0 aliphatic carbocycles. The molecule has 0 saturated carbocycles. The smallest absolute Gasteiger partial charge is 0.260 e. The molecular formula is C24H28N2O4. The highest BCUT2D eigenvalue weighted by Gasteiger charge is 2.28. The molecule has 1 fully saturated rings. The van der Waals surface area contributed by atoms with Crippen LogP contribution in [0.2, 0.25) is 0 Å². The number of nitrogens with zero attached hydrogens (tertiary/aromatic N) is 1. The van der Waals surface area contributed by atoms with Crippen molar-refractivity contribution in [2.75, 3.05) is 11.9 Å². The van der Waals surface area contributed by atoms with Crippen LogP contribution >= 0.6 is 0 Å². The van der Waals surface area contributed by atoms with E-state index in [1.165, 1.54) is 6.92 Å². The second-order valence-corrected chi connectivity index (χ2v) is 7.83. The molecule has 6 heteroatoms. The minimum Gasteiger partial charge on any atom is -0.484 e. The van der Waals surface area contributed by atoms with E-state index in [1.54, 1.807) is 48.5 Å². The van der Waals surface area contributed by atoms with Gasteiger partial charge in [-0.3, -0.25) is 14.4 Å². The number of carbonyl (C=O) groups excluding carboxylic acids is 3. The molecule has 1 N–H and O–H groups in total. The van der Waals surface area contributed by atoms with Crippen LogP contribution in [-0.2, 0) is 4.79 Å². The standard InChI is InChI=1S/C24H28N2O4/c1-16-5-4-6-17(2)26(16)23(28)15-30-22-13-9-20(10-14-22)24(29)25-21-11-7-19(8-12-21)18(3)27/h7-14,16-17H,4-6,15H2,1-3H3,(H,25,29)/t16-,17+. The first-order valence-electron chi connectivity index (χ1n) is 10.3. The van der Waals surface area contributed by atoms with Gasteiger partial charge in [0.05, 0.1) is 0 Å². The van der Waals surface area contributed by atoms with E-state index in [-0.39, 0.29) is 36.3 Å². The SMILES string of the molecule is CC(=O)c1ccc(NC(=O)c2ccc(OCC(=O)N3[C@H](C)CCC[C@@H]3C)cc2)cc1. The normalized spacial score (nSPS) is 18.6. The van der Waals surface area contributed by atoms with Crippen molar-refractivity contribution in [3.8, 4) is 5.75 Å². The van der Waals surface area contributed by atoms with Crippen molar-refractivity contribution < 1.29 is 19.1 Å². The first kappa shape index (κ1) is 21.6. The molecule has 1 aliphatic heterocycles. The topological polar surface area (TPSA) is 75.7 Å². The number of Topliss-reactive ketones (excluding diaryl/α,β-unsaturated/α-hetero) is 1. The lowest BCUT2D eigenvalue weighted by Crippen LogP contribution is -2.49. The molecule has 158 valence electrons. The lowest BCUT2D eigenvalue weighted by atomic mass is 9.97. The summed E-state index contributed by atoms with van der Waals surface area (Å²) in [4.78, 5) is 38.2. The van der Waals surface area contributed by atoms with Gasteiger partial charge in [0, 0.05) is 28.9 Å². The van der Waals surface area contributed by atoms with Gasteiger partial charge in [0.25, 0.3) is 11.8 Å². The largest absolute Gasteiger partial charge is 0.484 e. The quantitative estimate of drug-likeness (QED) is 0.723. The van der Waals surface area contributed by atoms with E-state index >= 15 is 0 Å². The summed E-state index contributed by atoms with van der Waals surface area (Å²) in [6.45, 7) is 5.64. The van der Waals surface area contributed by atoms with Crippen molar-refractivity contribution in [1.82, 2.24) is 4.90 Å². The Hall–Kier alpha value is -3.15. The van der Waals surface area contributed by atoms with Crippen molar-refractivity contribution in [2.45, 2.75) is 52.1 Å². The van der Waals surface area contributed by atoms with Crippen LogP contribution in [0.15, 0.2) is 48.5 Å². The molecule has 2 atom stereocenters. The van der Waals surface area contributed by atoms with E-state index in [4.69, 9.17) is 4.74 Å². The highest BCUT2D eigenvalue weighted by molar-refractivity contribution is 6.04. The van der Waals surface area contributed by atoms with Crippen molar-refractivity contribution in [1.29, 1.82) is 0 Å². The summed E-state index contributed by atoms with van der Waals surface area (Å²) in [6, 6.07) is 13.9. The van der Waals surface area contributed by atoms with Gasteiger partial charge < -0.3 is 15.0 Å². The van der Waals surface area contributed by atoms with Gasteiger partial charge in [0.15, 0.2) is 12.4 Å². The zero-order valence-corrected chi connectivity index (χ0v) is 17.7. The van der Waals surface area contributed by atoms with Crippen LogP contribution in [0.5, 0.6) is 5.75 Å². The lowest BCUT2D eigenvalue weighted by Gasteiger charge is -2.38. The zero-order valence-electron chi connectivity index (χ0n) is 17.7. The molecule has 2 amide bonds. The summed E-state index contributed by atoms with van der Waals surface area (Å²) in [7, 11) is 0. The average Bonchev–Trinajstić information content (AvgIpc) is 2.73. The maximum absolute atomic E-state index is 12.6. The molecule has 1 heterocycles. The van der Waals surface area contributed by atoms with Gasteiger partial charge in [-0.1, -0.05) is 0 Å².